The molecule has 0 spiro atoms. The molecule has 0 saturated carbocycles. The third-order valence-electron chi connectivity index (χ3n) is 5.70. The number of hydrogen-bond donors (Lipinski definition) is 1. The van der Waals surface area contributed by atoms with E-state index in [9.17, 15) is 9.59 Å². The van der Waals surface area contributed by atoms with Crippen molar-refractivity contribution in [3.05, 3.63) is 106 Å². The summed E-state index contributed by atoms with van der Waals surface area (Å²) < 4.78 is 1.31. The van der Waals surface area contributed by atoms with Crippen LogP contribution in [0.4, 0.5) is 0 Å². The van der Waals surface area contributed by atoms with Gasteiger partial charge in [-0.3, -0.25) is 9.59 Å². The number of fused-ring (bicyclic) bond motifs is 2. The first-order valence-electron chi connectivity index (χ1n) is 10.2. The summed E-state index contributed by atoms with van der Waals surface area (Å²) in [4.78, 5) is 26.4. The van der Waals surface area contributed by atoms with Crippen molar-refractivity contribution in [3.63, 3.8) is 0 Å². The van der Waals surface area contributed by atoms with Crippen LogP contribution in [0.25, 0.3) is 16.5 Å². The normalized spacial score (nSPS) is 15.5. The Morgan fingerprint density at radius 1 is 0.900 bits per heavy atom. The maximum atomic E-state index is 13.3. The van der Waals surface area contributed by atoms with Gasteiger partial charge in [0.1, 0.15) is 0 Å². The van der Waals surface area contributed by atoms with Crippen LogP contribution in [-0.2, 0) is 6.42 Å². The Morgan fingerprint density at radius 2 is 1.60 bits per heavy atom. The van der Waals surface area contributed by atoms with Crippen LogP contribution in [0.1, 0.15) is 40.5 Å². The molecule has 1 atom stereocenters. The second kappa shape index (κ2) is 7.59. The van der Waals surface area contributed by atoms with Gasteiger partial charge in [-0.25, -0.2) is 0 Å². The highest BCUT2D eigenvalue weighted by Crippen LogP contribution is 2.30. The first-order valence-corrected chi connectivity index (χ1v) is 10.2. The Morgan fingerprint density at radius 3 is 2.43 bits per heavy atom. The molecular weight excluding hydrogens is 374 g/mol. The van der Waals surface area contributed by atoms with Crippen molar-refractivity contribution in [2.45, 2.75) is 25.3 Å². The van der Waals surface area contributed by atoms with Crippen molar-refractivity contribution in [2.24, 2.45) is 0 Å². The lowest BCUT2D eigenvalue weighted by atomic mass is 9.87. The van der Waals surface area contributed by atoms with Crippen molar-refractivity contribution in [3.8, 4) is 5.69 Å². The number of hydrogen-bond acceptors (Lipinski definition) is 3. The number of carbonyl (C=O) groups excluding carboxylic acids is 1. The lowest BCUT2D eigenvalue weighted by Crippen LogP contribution is -2.34. The largest absolute Gasteiger partial charge is 0.344 e. The summed E-state index contributed by atoms with van der Waals surface area (Å²) in [6.45, 7) is 0. The molecule has 5 nitrogen and oxygen atoms in total. The van der Waals surface area contributed by atoms with Gasteiger partial charge in [-0.15, -0.1) is 0 Å². The molecule has 1 heterocycles. The molecule has 0 fully saturated rings. The summed E-state index contributed by atoms with van der Waals surface area (Å²) in [6, 6.07) is 24.5. The maximum Gasteiger partial charge on any atom is 0.279 e. The number of nitrogens with one attached hydrogen (secondary N) is 1. The number of rotatable bonds is 3. The van der Waals surface area contributed by atoms with Gasteiger partial charge in [-0.05, 0) is 48.6 Å². The zero-order chi connectivity index (χ0) is 20.5. The Hall–Kier alpha value is -3.73. The molecule has 1 aliphatic carbocycles. The zero-order valence-electron chi connectivity index (χ0n) is 16.4. The van der Waals surface area contributed by atoms with E-state index in [2.05, 4.69) is 22.5 Å². The Balaban J connectivity index is 1.60. The average molecular weight is 395 g/mol. The van der Waals surface area contributed by atoms with Gasteiger partial charge < -0.3 is 5.32 Å². The predicted molar refractivity (Wildman–Crippen MR) is 117 cm³/mol. The van der Waals surface area contributed by atoms with Crippen LogP contribution in [-0.4, -0.2) is 15.7 Å². The molecule has 5 rings (SSSR count). The summed E-state index contributed by atoms with van der Waals surface area (Å²) in [5, 5.41) is 8.69. The van der Waals surface area contributed by atoms with Gasteiger partial charge in [-0.1, -0.05) is 60.7 Å². The topological polar surface area (TPSA) is 64.0 Å². The molecule has 5 heteroatoms. The Kier molecular flexibility index (Phi) is 4.64. The zero-order valence-corrected chi connectivity index (χ0v) is 16.4. The summed E-state index contributed by atoms with van der Waals surface area (Å²) in [5.74, 6) is -0.266. The number of amides is 1. The molecule has 1 aromatic heterocycles. The fourth-order valence-electron chi connectivity index (χ4n) is 4.23. The van der Waals surface area contributed by atoms with Crippen LogP contribution in [0.5, 0.6) is 0 Å². The summed E-state index contributed by atoms with van der Waals surface area (Å²) in [7, 11) is 0. The maximum absolute atomic E-state index is 13.3. The first-order chi connectivity index (χ1) is 14.7. The van der Waals surface area contributed by atoms with Crippen LogP contribution in [0, 0.1) is 0 Å². The van der Waals surface area contributed by atoms with Gasteiger partial charge in [-0.2, -0.15) is 9.78 Å². The Labute approximate surface area is 174 Å². The van der Waals surface area contributed by atoms with E-state index >= 15 is 0 Å². The van der Waals surface area contributed by atoms with Crippen molar-refractivity contribution in [1.29, 1.82) is 0 Å². The lowest BCUT2D eigenvalue weighted by Gasteiger charge is -2.26. The van der Waals surface area contributed by atoms with E-state index in [4.69, 9.17) is 0 Å². The van der Waals surface area contributed by atoms with Crippen LogP contribution in [0.2, 0.25) is 0 Å². The molecule has 148 valence electrons. The third kappa shape index (κ3) is 3.18. The standard InChI is InChI=1S/C25H21N3O2/c29-24(26-22-16-8-10-17-9-4-5-13-19(17)22)23-20-14-6-7-15-21(20)25(30)28(27-23)18-11-2-1-3-12-18/h1-7,9,11-15,22H,8,10,16H2,(H,26,29). The van der Waals surface area contributed by atoms with E-state index in [-0.39, 0.29) is 23.2 Å². The summed E-state index contributed by atoms with van der Waals surface area (Å²) in [6.07, 6.45) is 2.95. The number of carbonyl (C=O) groups is 1. The summed E-state index contributed by atoms with van der Waals surface area (Å²) in [5.41, 5.74) is 3.10. The number of benzene rings is 3. The van der Waals surface area contributed by atoms with Crippen molar-refractivity contribution in [1.82, 2.24) is 15.1 Å². The molecule has 1 aliphatic rings. The minimum atomic E-state index is -0.266. The molecule has 0 bridgehead atoms. The molecule has 1 amide bonds. The van der Waals surface area contributed by atoms with Gasteiger partial charge in [0.25, 0.3) is 11.5 Å². The van der Waals surface area contributed by atoms with E-state index in [1.165, 1.54) is 10.2 Å². The van der Waals surface area contributed by atoms with Crippen molar-refractivity contribution in [2.75, 3.05) is 0 Å². The van der Waals surface area contributed by atoms with Crippen LogP contribution < -0.4 is 10.9 Å². The van der Waals surface area contributed by atoms with Crippen LogP contribution >= 0.6 is 0 Å². The van der Waals surface area contributed by atoms with E-state index in [1.54, 1.807) is 18.2 Å². The van der Waals surface area contributed by atoms with E-state index in [1.807, 2.05) is 48.5 Å². The number of nitrogens with zero attached hydrogens (tertiary/aromatic N) is 2. The molecule has 30 heavy (non-hydrogen) atoms. The lowest BCUT2D eigenvalue weighted by molar-refractivity contribution is 0.0928. The quantitative estimate of drug-likeness (QED) is 0.566. The minimum absolute atomic E-state index is 0.0554. The summed E-state index contributed by atoms with van der Waals surface area (Å²) >= 11 is 0. The highest BCUT2D eigenvalue weighted by Gasteiger charge is 2.24. The van der Waals surface area contributed by atoms with E-state index in [0.717, 1.165) is 24.8 Å². The SMILES string of the molecule is O=C(NC1CCCc2ccccc21)c1nn(-c2ccccc2)c(=O)c2ccccc12. The van der Waals surface area contributed by atoms with Gasteiger partial charge >= 0.3 is 0 Å². The highest BCUT2D eigenvalue weighted by molar-refractivity contribution is 6.05. The number of aromatic nitrogens is 2. The van der Waals surface area contributed by atoms with Gasteiger partial charge in [0.2, 0.25) is 0 Å². The molecular formula is C25H21N3O2. The Bertz CT molecular complexity index is 1290. The predicted octanol–water partition coefficient (Wildman–Crippen LogP) is 4.19. The number of aryl methyl sites for hydroxylation is 1. The molecule has 3 aromatic carbocycles. The highest BCUT2D eigenvalue weighted by atomic mass is 16.2. The van der Waals surface area contributed by atoms with E-state index in [0.29, 0.717) is 16.5 Å². The molecule has 1 N–H and O–H groups in total. The minimum Gasteiger partial charge on any atom is -0.344 e. The number of para-hydroxylation sites is 1. The smallest absolute Gasteiger partial charge is 0.279 e. The molecule has 0 saturated heterocycles. The first kappa shape index (κ1) is 18.3. The van der Waals surface area contributed by atoms with Crippen molar-refractivity contribution >= 4 is 16.7 Å². The third-order valence-corrected chi connectivity index (χ3v) is 5.70. The second-order valence-corrected chi connectivity index (χ2v) is 7.56. The fourth-order valence-corrected chi connectivity index (χ4v) is 4.23. The molecule has 4 aromatic rings. The average Bonchev–Trinajstić information content (AvgIpc) is 2.80. The van der Waals surface area contributed by atoms with Crippen LogP contribution in [0.3, 0.4) is 0 Å². The van der Waals surface area contributed by atoms with Crippen molar-refractivity contribution < 1.29 is 4.79 Å². The van der Waals surface area contributed by atoms with E-state index < -0.39 is 0 Å². The van der Waals surface area contributed by atoms with Gasteiger partial charge in [0.15, 0.2) is 5.69 Å². The second-order valence-electron chi connectivity index (χ2n) is 7.56. The molecule has 1 unspecified atom stereocenters. The van der Waals surface area contributed by atoms with Gasteiger partial charge in [0.05, 0.1) is 17.1 Å². The van der Waals surface area contributed by atoms with Gasteiger partial charge in [0, 0.05) is 5.39 Å². The fraction of sp³-hybridized carbons (Fsp3) is 0.160. The molecule has 0 aliphatic heterocycles. The molecule has 0 radical (unpaired) electrons. The monoisotopic (exact) mass is 395 g/mol. The van der Waals surface area contributed by atoms with Crippen LogP contribution in [0.15, 0.2) is 83.7 Å².